The van der Waals surface area contributed by atoms with Crippen molar-refractivity contribution in [3.05, 3.63) is 54.1 Å². The summed E-state index contributed by atoms with van der Waals surface area (Å²) in [5, 5.41) is 10.3. The smallest absolute Gasteiger partial charge is 0.260 e. The SMILES string of the molecule is COc1cccc(OC[C@@H](O)CN(C)Cc2ccc(OCC(=O)N3CCOCC3)cc2)c1. The number of ether oxygens (including phenoxy) is 4. The lowest BCUT2D eigenvalue weighted by Crippen LogP contribution is -2.42. The molecule has 1 atom stereocenters. The van der Waals surface area contributed by atoms with Gasteiger partial charge in [0.05, 0.1) is 20.3 Å². The summed E-state index contributed by atoms with van der Waals surface area (Å²) in [4.78, 5) is 15.9. The predicted octanol–water partition coefficient (Wildman–Crippen LogP) is 1.80. The Morgan fingerprint density at radius 1 is 1.09 bits per heavy atom. The van der Waals surface area contributed by atoms with E-state index < -0.39 is 6.10 Å². The highest BCUT2D eigenvalue weighted by molar-refractivity contribution is 5.77. The van der Waals surface area contributed by atoms with E-state index in [1.54, 1.807) is 18.1 Å². The zero-order valence-corrected chi connectivity index (χ0v) is 18.7. The van der Waals surface area contributed by atoms with E-state index in [0.29, 0.717) is 56.6 Å². The third kappa shape index (κ3) is 7.71. The number of aliphatic hydroxyl groups is 1. The molecule has 32 heavy (non-hydrogen) atoms. The van der Waals surface area contributed by atoms with Crippen LogP contribution < -0.4 is 14.2 Å². The van der Waals surface area contributed by atoms with Gasteiger partial charge in [-0.1, -0.05) is 18.2 Å². The summed E-state index contributed by atoms with van der Waals surface area (Å²) < 4.78 is 21.7. The summed E-state index contributed by atoms with van der Waals surface area (Å²) in [7, 11) is 3.55. The van der Waals surface area contributed by atoms with Crippen LogP contribution in [0.15, 0.2) is 48.5 Å². The number of hydrogen-bond acceptors (Lipinski definition) is 7. The molecule has 1 heterocycles. The first-order valence-electron chi connectivity index (χ1n) is 10.7. The van der Waals surface area contributed by atoms with Crippen molar-refractivity contribution >= 4 is 5.91 Å². The Morgan fingerprint density at radius 3 is 2.53 bits per heavy atom. The van der Waals surface area contributed by atoms with E-state index in [0.717, 1.165) is 5.56 Å². The molecule has 1 saturated heterocycles. The van der Waals surface area contributed by atoms with Gasteiger partial charge in [0.1, 0.15) is 30.0 Å². The maximum absolute atomic E-state index is 12.2. The monoisotopic (exact) mass is 444 g/mol. The van der Waals surface area contributed by atoms with Crippen molar-refractivity contribution < 1.29 is 28.8 Å². The van der Waals surface area contributed by atoms with Crippen molar-refractivity contribution in [3.8, 4) is 17.2 Å². The number of methoxy groups -OCH3 is 1. The van der Waals surface area contributed by atoms with Gasteiger partial charge in [-0.3, -0.25) is 9.69 Å². The summed E-state index contributed by atoms with van der Waals surface area (Å²) in [6.45, 7) is 3.75. The van der Waals surface area contributed by atoms with Gasteiger partial charge < -0.3 is 29.0 Å². The molecule has 0 saturated carbocycles. The summed E-state index contributed by atoms with van der Waals surface area (Å²) in [6, 6.07) is 14.9. The van der Waals surface area contributed by atoms with Crippen LogP contribution in [-0.2, 0) is 16.1 Å². The molecule has 1 N–H and O–H groups in total. The Labute approximate surface area is 189 Å². The van der Waals surface area contributed by atoms with E-state index in [1.807, 2.05) is 54.4 Å². The van der Waals surface area contributed by atoms with Crippen LogP contribution in [0.1, 0.15) is 5.56 Å². The maximum atomic E-state index is 12.2. The van der Waals surface area contributed by atoms with E-state index in [4.69, 9.17) is 18.9 Å². The van der Waals surface area contributed by atoms with Gasteiger partial charge in [-0.2, -0.15) is 0 Å². The standard InChI is InChI=1S/C24H32N2O6/c1-25(16-20(27)17-31-23-5-3-4-22(14-23)29-2)15-19-6-8-21(9-7-19)32-18-24(28)26-10-12-30-13-11-26/h3-9,14,20,27H,10-13,15-18H2,1-2H3/t20-/m0/s1. The van der Waals surface area contributed by atoms with E-state index in [9.17, 15) is 9.90 Å². The average molecular weight is 445 g/mol. The third-order valence-electron chi connectivity index (χ3n) is 5.11. The Bertz CT molecular complexity index is 839. The van der Waals surface area contributed by atoms with E-state index in [2.05, 4.69) is 0 Å². The van der Waals surface area contributed by atoms with Crippen LogP contribution in [0.3, 0.4) is 0 Å². The van der Waals surface area contributed by atoms with Crippen LogP contribution in [0.2, 0.25) is 0 Å². The van der Waals surface area contributed by atoms with Gasteiger partial charge in [0.15, 0.2) is 6.61 Å². The number of amides is 1. The van der Waals surface area contributed by atoms with Gasteiger partial charge in [-0.25, -0.2) is 0 Å². The second-order valence-electron chi connectivity index (χ2n) is 7.77. The molecule has 8 nitrogen and oxygen atoms in total. The zero-order chi connectivity index (χ0) is 22.8. The molecule has 0 bridgehead atoms. The fourth-order valence-electron chi connectivity index (χ4n) is 3.41. The lowest BCUT2D eigenvalue weighted by molar-refractivity contribution is -0.137. The van der Waals surface area contributed by atoms with Crippen molar-refractivity contribution in [2.75, 3.05) is 60.2 Å². The fourth-order valence-corrected chi connectivity index (χ4v) is 3.41. The molecule has 1 amide bonds. The molecule has 1 fully saturated rings. The molecule has 0 aromatic heterocycles. The molecule has 3 rings (SSSR count). The van der Waals surface area contributed by atoms with Crippen molar-refractivity contribution in [3.63, 3.8) is 0 Å². The van der Waals surface area contributed by atoms with Crippen molar-refractivity contribution in [2.45, 2.75) is 12.6 Å². The first-order valence-corrected chi connectivity index (χ1v) is 10.7. The number of rotatable bonds is 11. The highest BCUT2D eigenvalue weighted by Gasteiger charge is 2.17. The number of carbonyl (C=O) groups is 1. The van der Waals surface area contributed by atoms with Gasteiger partial charge in [0.2, 0.25) is 0 Å². The second-order valence-corrected chi connectivity index (χ2v) is 7.77. The summed E-state index contributed by atoms with van der Waals surface area (Å²) >= 11 is 0. The molecule has 0 radical (unpaired) electrons. The third-order valence-corrected chi connectivity index (χ3v) is 5.11. The van der Waals surface area contributed by atoms with E-state index >= 15 is 0 Å². The Kier molecular flexibility index (Phi) is 9.15. The second kappa shape index (κ2) is 12.3. The van der Waals surface area contributed by atoms with E-state index in [1.165, 1.54) is 0 Å². The number of hydrogen-bond donors (Lipinski definition) is 1. The molecular weight excluding hydrogens is 412 g/mol. The van der Waals surface area contributed by atoms with Crippen LogP contribution >= 0.6 is 0 Å². The molecule has 8 heteroatoms. The Hall–Kier alpha value is -2.81. The summed E-state index contributed by atoms with van der Waals surface area (Å²) in [5.74, 6) is 2.01. The number of carbonyl (C=O) groups excluding carboxylic acids is 1. The van der Waals surface area contributed by atoms with Gasteiger partial charge in [0.25, 0.3) is 5.91 Å². The normalized spacial score (nSPS) is 14.8. The molecule has 0 spiro atoms. The van der Waals surface area contributed by atoms with Crippen molar-refractivity contribution in [2.24, 2.45) is 0 Å². The minimum Gasteiger partial charge on any atom is -0.497 e. The highest BCUT2D eigenvalue weighted by Crippen LogP contribution is 2.19. The molecule has 1 aliphatic heterocycles. The lowest BCUT2D eigenvalue weighted by atomic mass is 10.2. The molecule has 0 aliphatic carbocycles. The van der Waals surface area contributed by atoms with Crippen LogP contribution in [0.25, 0.3) is 0 Å². The van der Waals surface area contributed by atoms with Gasteiger partial charge in [-0.05, 0) is 36.9 Å². The number of aliphatic hydroxyl groups excluding tert-OH is 1. The topological polar surface area (TPSA) is 80.7 Å². The predicted molar refractivity (Wildman–Crippen MR) is 120 cm³/mol. The molecule has 174 valence electrons. The molecular formula is C24H32N2O6. The van der Waals surface area contributed by atoms with E-state index in [-0.39, 0.29) is 19.1 Å². The van der Waals surface area contributed by atoms with Crippen LogP contribution in [0, 0.1) is 0 Å². The zero-order valence-electron chi connectivity index (χ0n) is 18.7. The number of benzene rings is 2. The van der Waals surface area contributed by atoms with Crippen molar-refractivity contribution in [1.29, 1.82) is 0 Å². The average Bonchev–Trinajstić information content (AvgIpc) is 2.82. The minimum atomic E-state index is -0.625. The minimum absolute atomic E-state index is 0.0257. The Morgan fingerprint density at radius 2 is 1.81 bits per heavy atom. The first-order chi connectivity index (χ1) is 15.5. The number of nitrogens with zero attached hydrogens (tertiary/aromatic N) is 2. The number of morpholine rings is 1. The Balaban J connectivity index is 1.37. The molecule has 1 aliphatic rings. The van der Waals surface area contributed by atoms with Crippen LogP contribution in [-0.4, -0.2) is 87.1 Å². The number of likely N-dealkylation sites (N-methyl/N-ethyl adjacent to an activating group) is 1. The largest absolute Gasteiger partial charge is 0.497 e. The summed E-state index contributed by atoms with van der Waals surface area (Å²) in [5.41, 5.74) is 1.08. The van der Waals surface area contributed by atoms with Crippen molar-refractivity contribution in [1.82, 2.24) is 9.80 Å². The highest BCUT2D eigenvalue weighted by atomic mass is 16.5. The molecule has 0 unspecified atom stereocenters. The summed E-state index contributed by atoms with van der Waals surface area (Å²) in [6.07, 6.45) is -0.625. The van der Waals surface area contributed by atoms with Gasteiger partial charge in [-0.15, -0.1) is 0 Å². The molecule has 2 aromatic rings. The molecule has 2 aromatic carbocycles. The van der Waals surface area contributed by atoms with Crippen LogP contribution in [0.5, 0.6) is 17.2 Å². The fraction of sp³-hybridized carbons (Fsp3) is 0.458. The quantitative estimate of drug-likeness (QED) is 0.566. The van der Waals surface area contributed by atoms with Crippen LogP contribution in [0.4, 0.5) is 0 Å². The first kappa shape index (κ1) is 23.8. The maximum Gasteiger partial charge on any atom is 0.260 e. The van der Waals surface area contributed by atoms with Gasteiger partial charge >= 0.3 is 0 Å². The lowest BCUT2D eigenvalue weighted by Gasteiger charge is -2.26. The van der Waals surface area contributed by atoms with Gasteiger partial charge in [0, 0.05) is 32.2 Å².